The molecule has 2 aliphatic heterocycles. The Morgan fingerprint density at radius 3 is 2.43 bits per heavy atom. The molecule has 12 heteroatoms. The molecule has 1 fully saturated rings. The number of carboxylic acid groups (broad SMARTS) is 2. The number of ether oxygens (including phenoxy) is 1. The summed E-state index contributed by atoms with van der Waals surface area (Å²) in [5.74, 6) is -5.50. The molecule has 1 saturated heterocycles. The molecule has 2 rings (SSSR count). The van der Waals surface area contributed by atoms with E-state index >= 15 is 0 Å². The summed E-state index contributed by atoms with van der Waals surface area (Å²) >= 11 is 1.29. The molecule has 0 aromatic heterocycles. The van der Waals surface area contributed by atoms with Crippen LogP contribution < -0.4 is 11.5 Å². The minimum absolute atomic E-state index is 0.112. The second-order valence-electron chi connectivity index (χ2n) is 6.55. The number of rotatable bonds is 9. The minimum atomic E-state index is -1.38. The molecule has 0 aromatic rings. The summed E-state index contributed by atoms with van der Waals surface area (Å²) in [5, 5.41) is 18.4. The smallest absolute Gasteiger partial charge is 0.352 e. The van der Waals surface area contributed by atoms with Gasteiger partial charge >= 0.3 is 17.9 Å². The summed E-state index contributed by atoms with van der Waals surface area (Å²) in [4.78, 5) is 59.2. The van der Waals surface area contributed by atoms with E-state index < -0.39 is 41.9 Å². The van der Waals surface area contributed by atoms with Crippen molar-refractivity contribution in [3.63, 3.8) is 0 Å². The first-order valence-electron chi connectivity index (χ1n) is 8.36. The van der Waals surface area contributed by atoms with E-state index in [1.165, 1.54) is 11.8 Å². The number of carbonyl (C=O) groups excluding carboxylic acids is 3. The van der Waals surface area contributed by atoms with Crippen LogP contribution in [0.4, 0.5) is 0 Å². The monoisotopic (exact) mass is 415 g/mol. The molecule has 2 aliphatic rings. The number of esters is 1. The van der Waals surface area contributed by atoms with Gasteiger partial charge in [-0.3, -0.25) is 24.1 Å². The lowest BCUT2D eigenvalue weighted by Gasteiger charge is -2.45. The third-order valence-electron chi connectivity index (χ3n) is 4.49. The van der Waals surface area contributed by atoms with Crippen LogP contribution in [-0.2, 0) is 28.7 Å². The predicted octanol–water partition coefficient (Wildman–Crippen LogP) is -1.14. The molecule has 11 nitrogen and oxygen atoms in total. The van der Waals surface area contributed by atoms with Gasteiger partial charge in [0.25, 0.3) is 0 Å². The molecule has 0 bridgehead atoms. The molecule has 0 radical (unpaired) electrons. The summed E-state index contributed by atoms with van der Waals surface area (Å²) in [5.41, 5.74) is 10.6. The van der Waals surface area contributed by atoms with Gasteiger partial charge in [0, 0.05) is 30.6 Å². The molecule has 0 aromatic carbocycles. The Bertz CT molecular complexity index is 752. The fraction of sp³-hybridized carbons (Fsp3) is 0.562. The fourth-order valence-electron chi connectivity index (χ4n) is 3.29. The topological polar surface area (TPSA) is 190 Å². The number of hydrogen-bond acceptors (Lipinski definition) is 8. The lowest BCUT2D eigenvalue weighted by atomic mass is 9.86. The van der Waals surface area contributed by atoms with Crippen molar-refractivity contribution in [2.24, 2.45) is 17.4 Å². The van der Waals surface area contributed by atoms with E-state index in [4.69, 9.17) is 21.3 Å². The lowest BCUT2D eigenvalue weighted by molar-refractivity contribution is -0.150. The number of primary amides is 1. The highest BCUT2D eigenvalue weighted by Gasteiger charge is 2.48. The largest absolute Gasteiger partial charge is 0.480 e. The van der Waals surface area contributed by atoms with Crippen molar-refractivity contribution < 1.29 is 38.9 Å². The van der Waals surface area contributed by atoms with Crippen molar-refractivity contribution in [2.75, 3.05) is 5.75 Å². The molecule has 0 saturated carbocycles. The van der Waals surface area contributed by atoms with Crippen molar-refractivity contribution in [3.8, 4) is 0 Å². The average Bonchev–Trinajstić information content (AvgIpc) is 2.56. The number of thioether (sulfide) groups is 1. The van der Waals surface area contributed by atoms with Crippen LogP contribution in [0.15, 0.2) is 11.3 Å². The first kappa shape index (κ1) is 21.7. The average molecular weight is 415 g/mol. The molecule has 0 aliphatic carbocycles. The quantitative estimate of drug-likeness (QED) is 0.264. The van der Waals surface area contributed by atoms with Gasteiger partial charge in [0.05, 0.1) is 11.8 Å². The number of aliphatic carboxylic acids is 2. The zero-order chi connectivity index (χ0) is 21.2. The number of carboxylic acids is 2. The van der Waals surface area contributed by atoms with Crippen LogP contribution in [0.3, 0.4) is 0 Å². The summed E-state index contributed by atoms with van der Waals surface area (Å²) in [6.07, 6.45) is -1.73. The molecule has 4 atom stereocenters. The maximum Gasteiger partial charge on any atom is 0.352 e. The van der Waals surface area contributed by atoms with E-state index in [0.717, 1.165) is 11.8 Å². The molecule has 0 spiro atoms. The van der Waals surface area contributed by atoms with E-state index in [0.29, 0.717) is 0 Å². The Balaban J connectivity index is 2.51. The number of β-lactam (4-membered cyclic amide) rings is 1. The van der Waals surface area contributed by atoms with Gasteiger partial charge in [-0.1, -0.05) is 0 Å². The van der Waals surface area contributed by atoms with Crippen LogP contribution >= 0.6 is 11.8 Å². The van der Waals surface area contributed by atoms with E-state index in [1.54, 1.807) is 0 Å². The van der Waals surface area contributed by atoms with Crippen molar-refractivity contribution in [2.45, 2.75) is 43.7 Å². The summed E-state index contributed by atoms with van der Waals surface area (Å²) in [6.45, 7) is 1.10. The second-order valence-corrected chi connectivity index (χ2v) is 7.72. The summed E-state index contributed by atoms with van der Waals surface area (Å²) < 4.78 is 5.29. The number of fused-ring (bicyclic) bond motifs is 1. The molecular weight excluding hydrogens is 394 g/mol. The van der Waals surface area contributed by atoms with Gasteiger partial charge in [0.15, 0.2) is 0 Å². The Labute approximate surface area is 164 Å². The number of nitrogens with zero attached hydrogens (tertiary/aromatic N) is 1. The first-order chi connectivity index (χ1) is 13.0. The fourth-order valence-corrected chi connectivity index (χ4v) is 4.59. The van der Waals surface area contributed by atoms with Crippen LogP contribution in [0.5, 0.6) is 0 Å². The number of nitrogens with two attached hydrogens (primary N) is 2. The van der Waals surface area contributed by atoms with E-state index in [1.807, 2.05) is 0 Å². The van der Waals surface area contributed by atoms with Gasteiger partial charge in [-0.05, 0) is 6.42 Å². The van der Waals surface area contributed by atoms with Crippen LogP contribution in [-0.4, -0.2) is 68.1 Å². The molecule has 2 amide bonds. The lowest BCUT2D eigenvalue weighted by Crippen LogP contribution is -2.55. The third kappa shape index (κ3) is 4.62. The van der Waals surface area contributed by atoms with Gasteiger partial charge < -0.3 is 26.4 Å². The molecule has 6 N–H and O–H groups in total. The molecule has 154 valence electrons. The van der Waals surface area contributed by atoms with E-state index in [9.17, 15) is 29.1 Å². The highest BCUT2D eigenvalue weighted by atomic mass is 32.2. The Hall–Kier alpha value is -2.60. The summed E-state index contributed by atoms with van der Waals surface area (Å²) in [6, 6.07) is -1.38. The molecule has 3 unspecified atom stereocenters. The van der Waals surface area contributed by atoms with Crippen molar-refractivity contribution in [1.82, 2.24) is 4.90 Å². The van der Waals surface area contributed by atoms with Gasteiger partial charge in [-0.15, -0.1) is 11.8 Å². The number of amides is 2. The molecular formula is C16H21N3O8S. The Morgan fingerprint density at radius 2 is 1.96 bits per heavy atom. The van der Waals surface area contributed by atoms with Crippen LogP contribution in [0.1, 0.15) is 26.2 Å². The van der Waals surface area contributed by atoms with Crippen LogP contribution in [0, 0.1) is 5.92 Å². The second kappa shape index (κ2) is 8.61. The number of carbonyl (C=O) groups is 5. The third-order valence-corrected chi connectivity index (χ3v) is 5.73. The Kier molecular flexibility index (Phi) is 6.67. The normalized spacial score (nSPS) is 21.9. The van der Waals surface area contributed by atoms with Gasteiger partial charge in [-0.2, -0.15) is 0 Å². The number of hydrogen-bond donors (Lipinski definition) is 4. The highest BCUT2D eigenvalue weighted by Crippen LogP contribution is 2.43. The zero-order valence-electron chi connectivity index (χ0n) is 15.0. The van der Waals surface area contributed by atoms with Gasteiger partial charge in [0.1, 0.15) is 17.8 Å². The van der Waals surface area contributed by atoms with Crippen molar-refractivity contribution in [3.05, 3.63) is 11.3 Å². The molecule has 2 heterocycles. The highest BCUT2D eigenvalue weighted by molar-refractivity contribution is 8.00. The predicted molar refractivity (Wildman–Crippen MR) is 95.5 cm³/mol. The zero-order valence-corrected chi connectivity index (χ0v) is 15.8. The standard InChI is InChI=1S/C16H21N3O8S/c1-6(20)27-14(7(3-10(18)21)2-9(17)15(23)24)8-5-28-12-4-11(22)19(12)13(8)16(25)26/h7,9,12,14H,2-5,17H2,1H3,(H2,18,21)(H,23,24)(H,25,26)/t7?,9?,12-,14?/m1/s1. The molecule has 28 heavy (non-hydrogen) atoms. The summed E-state index contributed by atoms with van der Waals surface area (Å²) in [7, 11) is 0. The SMILES string of the molecule is CC(=O)OC(C1=C(C(=O)O)N2C(=O)C[C@H]2SC1)C(CC(N)=O)CC(N)C(=O)O. The maximum absolute atomic E-state index is 11.9. The van der Waals surface area contributed by atoms with Crippen LogP contribution in [0.2, 0.25) is 0 Å². The van der Waals surface area contributed by atoms with Gasteiger partial charge in [-0.25, -0.2) is 4.79 Å². The van der Waals surface area contributed by atoms with Crippen molar-refractivity contribution >= 4 is 41.5 Å². The van der Waals surface area contributed by atoms with E-state index in [-0.39, 0.29) is 47.6 Å². The van der Waals surface area contributed by atoms with E-state index in [2.05, 4.69) is 0 Å². The first-order valence-corrected chi connectivity index (χ1v) is 9.41. The van der Waals surface area contributed by atoms with Gasteiger partial charge in [0.2, 0.25) is 11.8 Å². The van der Waals surface area contributed by atoms with Crippen molar-refractivity contribution in [1.29, 1.82) is 0 Å². The maximum atomic E-state index is 11.9. The van der Waals surface area contributed by atoms with Crippen LogP contribution in [0.25, 0.3) is 0 Å². The minimum Gasteiger partial charge on any atom is -0.480 e. The Morgan fingerprint density at radius 1 is 1.32 bits per heavy atom.